The van der Waals surface area contributed by atoms with Crippen molar-refractivity contribution in [2.24, 2.45) is 11.8 Å². The van der Waals surface area contributed by atoms with E-state index in [-0.39, 0.29) is 0 Å². The predicted molar refractivity (Wildman–Crippen MR) is 90.6 cm³/mol. The van der Waals surface area contributed by atoms with Gasteiger partial charge in [0.05, 0.1) is 0 Å². The summed E-state index contributed by atoms with van der Waals surface area (Å²) in [7, 11) is 0. The monoisotopic (exact) mass is 292 g/mol. The molecule has 1 heterocycles. The molecule has 2 heteroatoms. The third kappa shape index (κ3) is 3.82. The van der Waals surface area contributed by atoms with Gasteiger partial charge in [-0.1, -0.05) is 52.4 Å². The van der Waals surface area contributed by atoms with Gasteiger partial charge >= 0.3 is 0 Å². The minimum Gasteiger partial charge on any atom is -0.311 e. The first kappa shape index (κ1) is 15.8. The molecule has 1 aliphatic heterocycles. The maximum absolute atomic E-state index is 3.95. The zero-order valence-corrected chi connectivity index (χ0v) is 14.3. The number of hydrogen-bond donors (Lipinski definition) is 1. The number of rotatable bonds is 3. The molecule has 3 aliphatic rings. The summed E-state index contributed by atoms with van der Waals surface area (Å²) in [5.74, 6) is 1.74. The lowest BCUT2D eigenvalue weighted by Gasteiger charge is -2.49. The molecule has 2 saturated carbocycles. The Morgan fingerprint density at radius 1 is 0.857 bits per heavy atom. The quantitative estimate of drug-likeness (QED) is 0.839. The third-order valence-corrected chi connectivity index (χ3v) is 6.45. The molecule has 2 nitrogen and oxygen atoms in total. The van der Waals surface area contributed by atoms with E-state index < -0.39 is 0 Å². The third-order valence-electron chi connectivity index (χ3n) is 6.45. The van der Waals surface area contributed by atoms with E-state index >= 15 is 0 Å². The van der Waals surface area contributed by atoms with Crippen LogP contribution in [0.5, 0.6) is 0 Å². The molecule has 21 heavy (non-hydrogen) atoms. The molecule has 1 saturated heterocycles. The first-order chi connectivity index (χ1) is 10.3. The summed E-state index contributed by atoms with van der Waals surface area (Å²) in [5.41, 5.74) is 0. The second-order valence-corrected chi connectivity index (χ2v) is 8.21. The van der Waals surface area contributed by atoms with E-state index in [2.05, 4.69) is 24.1 Å². The minimum atomic E-state index is 0.771. The molecule has 2 atom stereocenters. The van der Waals surface area contributed by atoms with Gasteiger partial charge in [-0.25, -0.2) is 0 Å². The highest BCUT2D eigenvalue weighted by Crippen LogP contribution is 2.32. The molecular formula is C19H36N2. The second kappa shape index (κ2) is 7.46. The molecule has 0 radical (unpaired) electrons. The van der Waals surface area contributed by atoms with Crippen LogP contribution in [0.4, 0.5) is 0 Å². The summed E-state index contributed by atoms with van der Waals surface area (Å²) in [5, 5.41) is 3.95. The Hall–Kier alpha value is -0.0800. The first-order valence-electron chi connectivity index (χ1n) is 9.75. The van der Waals surface area contributed by atoms with Gasteiger partial charge in [0.1, 0.15) is 0 Å². The summed E-state index contributed by atoms with van der Waals surface area (Å²) in [6.45, 7) is 7.40. The molecule has 3 fully saturated rings. The van der Waals surface area contributed by atoms with E-state index in [1.54, 1.807) is 0 Å². The fraction of sp³-hybridized carbons (Fsp3) is 1.00. The summed E-state index contributed by atoms with van der Waals surface area (Å²) in [4.78, 5) is 2.94. The largest absolute Gasteiger partial charge is 0.311 e. The summed E-state index contributed by atoms with van der Waals surface area (Å²) in [6, 6.07) is 2.44. The van der Waals surface area contributed by atoms with Gasteiger partial charge in [0.2, 0.25) is 0 Å². The van der Waals surface area contributed by atoms with Gasteiger partial charge in [0, 0.05) is 31.2 Å². The molecule has 1 N–H and O–H groups in total. The minimum absolute atomic E-state index is 0.771. The fourth-order valence-corrected chi connectivity index (χ4v) is 5.12. The van der Waals surface area contributed by atoms with Crippen molar-refractivity contribution in [3.8, 4) is 0 Å². The first-order valence-corrected chi connectivity index (χ1v) is 9.75. The van der Waals surface area contributed by atoms with Crippen LogP contribution >= 0.6 is 0 Å². The van der Waals surface area contributed by atoms with Crippen LogP contribution in [-0.2, 0) is 0 Å². The number of piperazine rings is 1. The van der Waals surface area contributed by atoms with Gasteiger partial charge in [-0.3, -0.25) is 4.90 Å². The van der Waals surface area contributed by atoms with Crippen LogP contribution in [-0.4, -0.2) is 36.1 Å². The SMILES string of the molecule is CC(C)C1CNC(C2CCCCC2)CN1C1CCCCC1. The Labute approximate surface area is 132 Å². The van der Waals surface area contributed by atoms with Crippen LogP contribution in [0.1, 0.15) is 78.1 Å². The number of hydrogen-bond acceptors (Lipinski definition) is 2. The van der Waals surface area contributed by atoms with Gasteiger partial charge in [0.15, 0.2) is 0 Å². The Bertz CT molecular complexity index is 303. The lowest BCUT2D eigenvalue weighted by Crippen LogP contribution is -2.63. The molecule has 2 unspecified atom stereocenters. The van der Waals surface area contributed by atoms with Crippen LogP contribution in [0.2, 0.25) is 0 Å². The van der Waals surface area contributed by atoms with Gasteiger partial charge < -0.3 is 5.32 Å². The zero-order valence-electron chi connectivity index (χ0n) is 14.3. The van der Waals surface area contributed by atoms with Crippen LogP contribution in [0.3, 0.4) is 0 Å². The second-order valence-electron chi connectivity index (χ2n) is 8.21. The lowest BCUT2D eigenvalue weighted by atomic mass is 9.81. The van der Waals surface area contributed by atoms with Gasteiger partial charge in [-0.15, -0.1) is 0 Å². The topological polar surface area (TPSA) is 15.3 Å². The van der Waals surface area contributed by atoms with E-state index in [9.17, 15) is 0 Å². The van der Waals surface area contributed by atoms with Crippen LogP contribution in [0.15, 0.2) is 0 Å². The van der Waals surface area contributed by atoms with Crippen molar-refractivity contribution in [1.29, 1.82) is 0 Å². The van der Waals surface area contributed by atoms with Crippen molar-refractivity contribution in [3.05, 3.63) is 0 Å². The molecule has 0 bridgehead atoms. The Morgan fingerprint density at radius 3 is 2.10 bits per heavy atom. The standard InChI is InChI=1S/C19H36N2/c1-15(2)19-13-20-18(16-9-5-3-6-10-16)14-21(19)17-11-7-4-8-12-17/h15-20H,3-14H2,1-2H3. The maximum Gasteiger partial charge on any atom is 0.0247 e. The average molecular weight is 293 g/mol. The molecule has 2 aliphatic carbocycles. The molecule has 122 valence electrons. The number of nitrogens with zero attached hydrogens (tertiary/aromatic N) is 1. The van der Waals surface area contributed by atoms with Gasteiger partial charge in [-0.2, -0.15) is 0 Å². The van der Waals surface area contributed by atoms with Gasteiger partial charge in [-0.05, 0) is 37.5 Å². The van der Waals surface area contributed by atoms with Crippen LogP contribution in [0, 0.1) is 11.8 Å². The van der Waals surface area contributed by atoms with E-state index in [0.29, 0.717) is 0 Å². The predicted octanol–water partition coefficient (Wildman–Crippen LogP) is 4.20. The normalized spacial score (nSPS) is 34.4. The zero-order chi connectivity index (χ0) is 14.7. The maximum atomic E-state index is 3.95. The van der Waals surface area contributed by atoms with Gasteiger partial charge in [0.25, 0.3) is 0 Å². The van der Waals surface area contributed by atoms with E-state index in [4.69, 9.17) is 0 Å². The fourth-order valence-electron chi connectivity index (χ4n) is 5.12. The van der Waals surface area contributed by atoms with Crippen molar-refractivity contribution < 1.29 is 0 Å². The summed E-state index contributed by atoms with van der Waals surface area (Å²) < 4.78 is 0. The Kier molecular flexibility index (Phi) is 5.61. The molecule has 3 rings (SSSR count). The van der Waals surface area contributed by atoms with Crippen molar-refractivity contribution >= 4 is 0 Å². The number of nitrogens with one attached hydrogen (secondary N) is 1. The lowest BCUT2D eigenvalue weighted by molar-refractivity contribution is 0.0229. The molecule has 0 aromatic heterocycles. The van der Waals surface area contributed by atoms with E-state index in [1.807, 2.05) is 0 Å². The van der Waals surface area contributed by atoms with Crippen molar-refractivity contribution in [2.75, 3.05) is 13.1 Å². The average Bonchev–Trinajstić information content (AvgIpc) is 2.56. The molecule has 0 aromatic rings. The van der Waals surface area contributed by atoms with Crippen LogP contribution in [0.25, 0.3) is 0 Å². The smallest absolute Gasteiger partial charge is 0.0247 e. The van der Waals surface area contributed by atoms with Crippen molar-refractivity contribution in [3.63, 3.8) is 0 Å². The summed E-state index contributed by atoms with van der Waals surface area (Å²) in [6.07, 6.45) is 14.7. The Morgan fingerprint density at radius 2 is 1.48 bits per heavy atom. The molecule has 0 spiro atoms. The van der Waals surface area contributed by atoms with E-state index in [1.165, 1.54) is 77.3 Å². The summed E-state index contributed by atoms with van der Waals surface area (Å²) >= 11 is 0. The molecule has 0 aromatic carbocycles. The molecular weight excluding hydrogens is 256 g/mol. The van der Waals surface area contributed by atoms with Crippen LogP contribution < -0.4 is 5.32 Å². The van der Waals surface area contributed by atoms with Crippen molar-refractivity contribution in [2.45, 2.75) is 96.2 Å². The van der Waals surface area contributed by atoms with E-state index in [0.717, 1.165) is 30.0 Å². The molecule has 0 amide bonds. The highest BCUT2D eigenvalue weighted by molar-refractivity contribution is 4.94. The highest BCUT2D eigenvalue weighted by Gasteiger charge is 2.37. The Balaban J connectivity index is 1.65. The highest BCUT2D eigenvalue weighted by atomic mass is 15.3. The van der Waals surface area contributed by atoms with Crippen molar-refractivity contribution in [1.82, 2.24) is 10.2 Å².